The maximum Gasteiger partial charge on any atom is 0.133 e. The van der Waals surface area contributed by atoms with Crippen LogP contribution in [-0.4, -0.2) is 5.78 Å². The molecule has 2 aromatic carbocycles. The topological polar surface area (TPSA) is 17.1 Å². The molecule has 0 amide bonds. The van der Waals surface area contributed by atoms with Gasteiger partial charge in [-0.05, 0) is 48.2 Å². The summed E-state index contributed by atoms with van der Waals surface area (Å²) in [6, 6.07) is 14.5. The molecule has 0 unspecified atom stereocenters. The number of Topliss-reactive ketones (excluding diaryl/α,β-unsaturated/α-hetero) is 1. The van der Waals surface area contributed by atoms with Crippen molar-refractivity contribution in [2.24, 2.45) is 5.92 Å². The summed E-state index contributed by atoms with van der Waals surface area (Å²) in [5, 5.41) is 0. The van der Waals surface area contributed by atoms with E-state index in [9.17, 15) is 9.18 Å². The molecule has 0 spiro atoms. The second-order valence-corrected chi connectivity index (χ2v) is 5.67. The van der Waals surface area contributed by atoms with Gasteiger partial charge in [0, 0.05) is 24.3 Å². The van der Waals surface area contributed by atoms with Crippen LogP contribution >= 0.6 is 0 Å². The van der Waals surface area contributed by atoms with Gasteiger partial charge in [-0.3, -0.25) is 4.79 Å². The van der Waals surface area contributed by atoms with E-state index in [1.165, 1.54) is 12.1 Å². The van der Waals surface area contributed by atoms with Gasteiger partial charge in [0.2, 0.25) is 0 Å². The highest BCUT2D eigenvalue weighted by Gasteiger charge is 2.16. The van der Waals surface area contributed by atoms with Gasteiger partial charge in [-0.25, -0.2) is 4.39 Å². The van der Waals surface area contributed by atoms with Crippen LogP contribution in [0.3, 0.4) is 0 Å². The first-order valence-electron chi connectivity index (χ1n) is 7.60. The van der Waals surface area contributed by atoms with Crippen LogP contribution in [0.1, 0.15) is 31.2 Å². The smallest absolute Gasteiger partial charge is 0.133 e. The van der Waals surface area contributed by atoms with Gasteiger partial charge in [0.1, 0.15) is 11.6 Å². The van der Waals surface area contributed by atoms with Crippen LogP contribution in [0.4, 0.5) is 4.39 Å². The Kier molecular flexibility index (Phi) is 4.34. The zero-order valence-corrected chi connectivity index (χ0v) is 12.3. The first kappa shape index (κ1) is 14.5. The van der Waals surface area contributed by atoms with Crippen molar-refractivity contribution >= 4 is 5.78 Å². The maximum atomic E-state index is 12.9. The standard InChI is InChI=1S/C20H17FO/c21-19-11-9-18(10-12-19)17-7-3-15(4-8-17)1-2-16-5-13-20(22)14-6-16/h3-4,7-12,16H,5-6,13-14H2. The van der Waals surface area contributed by atoms with Crippen LogP contribution < -0.4 is 0 Å². The Bertz CT molecular complexity index is 707. The highest BCUT2D eigenvalue weighted by molar-refractivity contribution is 5.79. The highest BCUT2D eigenvalue weighted by atomic mass is 19.1. The van der Waals surface area contributed by atoms with Crippen molar-refractivity contribution in [3.05, 3.63) is 59.9 Å². The first-order valence-corrected chi connectivity index (χ1v) is 7.60. The van der Waals surface area contributed by atoms with Crippen molar-refractivity contribution in [1.82, 2.24) is 0 Å². The van der Waals surface area contributed by atoms with Crippen molar-refractivity contribution in [1.29, 1.82) is 0 Å². The molecular formula is C20H17FO. The van der Waals surface area contributed by atoms with Crippen molar-refractivity contribution in [3.63, 3.8) is 0 Å². The number of benzene rings is 2. The van der Waals surface area contributed by atoms with E-state index >= 15 is 0 Å². The number of ketones is 1. The molecule has 0 aromatic heterocycles. The normalized spacial score (nSPS) is 15.2. The molecule has 1 fully saturated rings. The summed E-state index contributed by atoms with van der Waals surface area (Å²) in [7, 11) is 0. The Morgan fingerprint density at radius 2 is 1.41 bits per heavy atom. The van der Waals surface area contributed by atoms with E-state index < -0.39 is 0 Å². The van der Waals surface area contributed by atoms with E-state index in [1.807, 2.05) is 24.3 Å². The SMILES string of the molecule is O=C1CCC(C#Cc2ccc(-c3ccc(F)cc3)cc2)CC1. The summed E-state index contributed by atoms with van der Waals surface area (Å²) < 4.78 is 12.9. The monoisotopic (exact) mass is 292 g/mol. The Balaban J connectivity index is 1.69. The average molecular weight is 292 g/mol. The molecular weight excluding hydrogens is 275 g/mol. The Labute approximate surface area is 130 Å². The van der Waals surface area contributed by atoms with Crippen molar-refractivity contribution in [2.45, 2.75) is 25.7 Å². The number of carbonyl (C=O) groups is 1. The molecule has 1 aliphatic rings. The molecule has 0 bridgehead atoms. The second kappa shape index (κ2) is 6.58. The fourth-order valence-corrected chi connectivity index (χ4v) is 2.66. The third kappa shape index (κ3) is 3.62. The third-order valence-corrected chi connectivity index (χ3v) is 4.03. The van der Waals surface area contributed by atoms with E-state index in [4.69, 9.17) is 0 Å². The minimum Gasteiger partial charge on any atom is -0.300 e. The minimum atomic E-state index is -0.225. The fraction of sp³-hybridized carbons (Fsp3) is 0.250. The van der Waals surface area contributed by atoms with E-state index in [0.29, 0.717) is 24.5 Å². The quantitative estimate of drug-likeness (QED) is 0.702. The Hall–Kier alpha value is -2.40. The molecule has 0 N–H and O–H groups in total. The zero-order valence-electron chi connectivity index (χ0n) is 12.3. The average Bonchev–Trinajstić information content (AvgIpc) is 2.56. The van der Waals surface area contributed by atoms with Gasteiger partial charge in [0.25, 0.3) is 0 Å². The molecule has 0 radical (unpaired) electrons. The lowest BCUT2D eigenvalue weighted by Crippen LogP contribution is -2.12. The number of rotatable bonds is 1. The largest absolute Gasteiger partial charge is 0.300 e. The zero-order chi connectivity index (χ0) is 15.4. The molecule has 1 aliphatic carbocycles. The predicted molar refractivity (Wildman–Crippen MR) is 85.7 cm³/mol. The molecule has 3 rings (SSSR count). The van der Waals surface area contributed by atoms with Gasteiger partial charge in [0.05, 0.1) is 0 Å². The number of halogens is 1. The summed E-state index contributed by atoms with van der Waals surface area (Å²) in [6.07, 6.45) is 3.12. The lowest BCUT2D eigenvalue weighted by atomic mass is 9.89. The van der Waals surface area contributed by atoms with Gasteiger partial charge >= 0.3 is 0 Å². The second-order valence-electron chi connectivity index (χ2n) is 5.67. The Morgan fingerprint density at radius 1 is 0.864 bits per heavy atom. The molecule has 0 heterocycles. The van der Waals surface area contributed by atoms with Crippen molar-refractivity contribution < 1.29 is 9.18 Å². The fourth-order valence-electron chi connectivity index (χ4n) is 2.66. The van der Waals surface area contributed by atoms with Gasteiger partial charge < -0.3 is 0 Å². The van der Waals surface area contributed by atoms with E-state index in [-0.39, 0.29) is 5.82 Å². The van der Waals surface area contributed by atoms with Crippen molar-refractivity contribution in [2.75, 3.05) is 0 Å². The van der Waals surface area contributed by atoms with Crippen LogP contribution in [0.2, 0.25) is 0 Å². The lowest BCUT2D eigenvalue weighted by Gasteiger charge is -2.14. The molecule has 22 heavy (non-hydrogen) atoms. The lowest BCUT2D eigenvalue weighted by molar-refractivity contribution is -0.120. The molecule has 1 nitrogen and oxygen atoms in total. The molecule has 1 saturated carbocycles. The molecule has 0 atom stereocenters. The summed E-state index contributed by atoms with van der Waals surface area (Å²) in [5.74, 6) is 6.95. The van der Waals surface area contributed by atoms with E-state index in [0.717, 1.165) is 29.5 Å². The summed E-state index contributed by atoms with van der Waals surface area (Å²) >= 11 is 0. The summed E-state index contributed by atoms with van der Waals surface area (Å²) in [4.78, 5) is 11.2. The van der Waals surface area contributed by atoms with Gasteiger partial charge in [0.15, 0.2) is 0 Å². The maximum absolute atomic E-state index is 12.9. The molecule has 0 saturated heterocycles. The summed E-state index contributed by atoms with van der Waals surface area (Å²) in [6.45, 7) is 0. The van der Waals surface area contributed by atoms with Gasteiger partial charge in [-0.1, -0.05) is 36.1 Å². The van der Waals surface area contributed by atoms with Crippen LogP contribution in [-0.2, 0) is 4.79 Å². The predicted octanol–water partition coefficient (Wildman–Crippen LogP) is 4.60. The van der Waals surface area contributed by atoms with Crippen LogP contribution in [0, 0.1) is 23.6 Å². The van der Waals surface area contributed by atoms with Crippen molar-refractivity contribution in [3.8, 4) is 23.0 Å². The number of hydrogen-bond donors (Lipinski definition) is 0. The number of hydrogen-bond acceptors (Lipinski definition) is 1. The highest BCUT2D eigenvalue weighted by Crippen LogP contribution is 2.22. The van der Waals surface area contributed by atoms with Gasteiger partial charge in [-0.15, -0.1) is 0 Å². The van der Waals surface area contributed by atoms with Crippen LogP contribution in [0.15, 0.2) is 48.5 Å². The first-order chi connectivity index (χ1) is 10.7. The molecule has 110 valence electrons. The molecule has 0 aliphatic heterocycles. The van der Waals surface area contributed by atoms with E-state index in [2.05, 4.69) is 11.8 Å². The number of carbonyl (C=O) groups excluding carboxylic acids is 1. The third-order valence-electron chi connectivity index (χ3n) is 4.03. The van der Waals surface area contributed by atoms with Gasteiger partial charge in [-0.2, -0.15) is 0 Å². The Morgan fingerprint density at radius 3 is 2.00 bits per heavy atom. The van der Waals surface area contributed by atoms with E-state index in [1.54, 1.807) is 12.1 Å². The molecule has 2 aromatic rings. The minimum absolute atomic E-state index is 0.225. The molecule has 2 heteroatoms. The van der Waals surface area contributed by atoms with Crippen LogP contribution in [0.25, 0.3) is 11.1 Å². The summed E-state index contributed by atoms with van der Waals surface area (Å²) in [5.41, 5.74) is 3.02. The van der Waals surface area contributed by atoms with Crippen LogP contribution in [0.5, 0.6) is 0 Å².